The van der Waals surface area contributed by atoms with E-state index in [4.69, 9.17) is 5.26 Å². The van der Waals surface area contributed by atoms with E-state index in [-0.39, 0.29) is 21.9 Å². The molecule has 6 nitrogen and oxygen atoms in total. The van der Waals surface area contributed by atoms with Crippen molar-refractivity contribution in [2.45, 2.75) is 6.92 Å². The molecule has 1 atom stereocenters. The quantitative estimate of drug-likeness (QED) is 0.526. The largest absolute Gasteiger partial charge is 0.589 e. The van der Waals surface area contributed by atoms with Gasteiger partial charge in [0.25, 0.3) is 10.7 Å². The van der Waals surface area contributed by atoms with Crippen molar-refractivity contribution in [2.75, 3.05) is 5.32 Å². The van der Waals surface area contributed by atoms with Gasteiger partial charge < -0.3 is 9.87 Å². The number of nitriles is 1. The zero-order valence-corrected chi connectivity index (χ0v) is 10.7. The van der Waals surface area contributed by atoms with Crippen molar-refractivity contribution < 1.29 is 9.48 Å². The van der Waals surface area contributed by atoms with Gasteiger partial charge >= 0.3 is 0 Å². The minimum Gasteiger partial charge on any atom is -0.589 e. The molecule has 1 aromatic carbocycles. The number of anilines is 2. The number of hydrogen-bond donors (Lipinski definition) is 1. The highest BCUT2D eigenvalue weighted by Gasteiger charge is 2.21. The van der Waals surface area contributed by atoms with E-state index in [0.29, 0.717) is 4.88 Å². The Morgan fingerprint density at radius 1 is 1.42 bits per heavy atom. The van der Waals surface area contributed by atoms with Crippen LogP contribution in [0, 0.1) is 28.4 Å². The van der Waals surface area contributed by atoms with Crippen molar-refractivity contribution in [3.8, 4) is 6.07 Å². The molecule has 1 heterocycles. The van der Waals surface area contributed by atoms with Crippen molar-refractivity contribution in [3.63, 3.8) is 0 Å². The predicted molar refractivity (Wildman–Crippen MR) is 70.9 cm³/mol. The molecule has 7 heteroatoms. The Kier molecular flexibility index (Phi) is 3.46. The van der Waals surface area contributed by atoms with E-state index in [2.05, 4.69) is 5.32 Å². The number of hydrogen-bond acceptors (Lipinski definition) is 5. The minimum atomic E-state index is -1.47. The molecule has 0 aliphatic rings. The molecule has 96 valence electrons. The third-order valence-electron chi connectivity index (χ3n) is 2.54. The maximum Gasteiger partial charge on any atom is 0.292 e. The average Bonchev–Trinajstić information content (AvgIpc) is 2.67. The van der Waals surface area contributed by atoms with Gasteiger partial charge in [-0.2, -0.15) is 5.26 Å². The maximum atomic E-state index is 12.0. The Hall–Kier alpha value is -2.43. The molecule has 1 aromatic heterocycles. The van der Waals surface area contributed by atoms with E-state index in [1.807, 2.05) is 6.07 Å². The minimum absolute atomic E-state index is 0.131. The first-order chi connectivity index (χ1) is 9.04. The first-order valence-corrected chi connectivity index (χ1v) is 6.44. The summed E-state index contributed by atoms with van der Waals surface area (Å²) in [4.78, 5) is 10.9. The lowest BCUT2D eigenvalue weighted by atomic mass is 10.2. The maximum absolute atomic E-state index is 12.0. The lowest BCUT2D eigenvalue weighted by Crippen LogP contribution is -1.97. The number of rotatable bonds is 3. The van der Waals surface area contributed by atoms with Crippen LogP contribution in [0.4, 0.5) is 16.4 Å². The highest BCUT2D eigenvalue weighted by molar-refractivity contribution is 7.29. The van der Waals surface area contributed by atoms with Crippen molar-refractivity contribution in [3.05, 3.63) is 50.9 Å². The van der Waals surface area contributed by atoms with Crippen LogP contribution in [0.15, 0.2) is 30.3 Å². The molecule has 0 radical (unpaired) electrons. The topological polar surface area (TPSA) is 102 Å². The summed E-state index contributed by atoms with van der Waals surface area (Å²) in [6.45, 7) is 1.64. The van der Waals surface area contributed by atoms with Gasteiger partial charge in [-0.05, 0) is 16.8 Å². The summed E-state index contributed by atoms with van der Waals surface area (Å²) in [5, 5.41) is 22.8. The molecule has 1 N–H and O–H groups in total. The summed E-state index contributed by atoms with van der Waals surface area (Å²) >= 11 is 0. The standard InChI is InChI=1S/C12H9N3O3S/c1-8-6-9(7-13)12(19(8)18)14-10-4-2-3-5-11(10)15(16)17/h2-6,14H,1H3. The monoisotopic (exact) mass is 275 g/mol. The number of nitrogens with one attached hydrogen (secondary N) is 1. The summed E-state index contributed by atoms with van der Waals surface area (Å²) in [5.74, 6) is 0. The summed E-state index contributed by atoms with van der Waals surface area (Å²) in [7, 11) is -1.47. The molecule has 0 fully saturated rings. The molecule has 0 saturated carbocycles. The molecule has 19 heavy (non-hydrogen) atoms. The predicted octanol–water partition coefficient (Wildman–Crippen LogP) is 3.25. The molecule has 0 spiro atoms. The van der Waals surface area contributed by atoms with Gasteiger partial charge in [0.2, 0.25) is 0 Å². The number of aryl methyl sites for hydroxylation is 1. The molecule has 0 aliphatic carbocycles. The van der Waals surface area contributed by atoms with E-state index in [9.17, 15) is 14.7 Å². The fourth-order valence-electron chi connectivity index (χ4n) is 1.64. The van der Waals surface area contributed by atoms with Gasteiger partial charge in [-0.1, -0.05) is 12.1 Å². The second-order valence-corrected chi connectivity index (χ2v) is 5.37. The van der Waals surface area contributed by atoms with E-state index < -0.39 is 15.7 Å². The van der Waals surface area contributed by atoms with Gasteiger partial charge in [-0.3, -0.25) is 10.1 Å². The number of nitrogens with zero attached hydrogens (tertiary/aromatic N) is 2. The van der Waals surface area contributed by atoms with Gasteiger partial charge in [0.1, 0.15) is 22.2 Å². The van der Waals surface area contributed by atoms with Crippen LogP contribution in [0.25, 0.3) is 0 Å². The number of nitro groups is 1. The van der Waals surface area contributed by atoms with Gasteiger partial charge in [0.15, 0.2) is 0 Å². The molecule has 2 rings (SSSR count). The Balaban J connectivity index is 2.48. The van der Waals surface area contributed by atoms with Crippen molar-refractivity contribution in [2.24, 2.45) is 0 Å². The zero-order valence-electron chi connectivity index (χ0n) is 9.91. The van der Waals surface area contributed by atoms with Crippen LogP contribution in [0.1, 0.15) is 10.4 Å². The van der Waals surface area contributed by atoms with Crippen LogP contribution < -0.4 is 5.32 Å². The van der Waals surface area contributed by atoms with E-state index >= 15 is 0 Å². The molecule has 0 saturated heterocycles. The highest BCUT2D eigenvalue weighted by Crippen LogP contribution is 2.39. The molecule has 0 amide bonds. The molecular formula is C12H9N3O3S. The molecular weight excluding hydrogens is 266 g/mol. The fourth-order valence-corrected chi connectivity index (χ4v) is 2.69. The summed E-state index contributed by atoms with van der Waals surface area (Å²) in [6, 6.07) is 9.44. The second kappa shape index (κ2) is 5.06. The SMILES string of the molecule is Cc1cc(C#N)c(Nc2ccccc2[N+](=O)[O-])[s+]1[O-]. The summed E-state index contributed by atoms with van der Waals surface area (Å²) < 4.78 is 12.0. The zero-order chi connectivity index (χ0) is 14.0. The lowest BCUT2D eigenvalue weighted by Gasteiger charge is -2.04. The number of nitro benzene ring substituents is 1. The molecule has 2 aromatic rings. The van der Waals surface area contributed by atoms with Gasteiger partial charge in [-0.25, -0.2) is 0 Å². The first-order valence-electron chi connectivity index (χ1n) is 5.29. The van der Waals surface area contributed by atoms with Crippen LogP contribution in [0.3, 0.4) is 0 Å². The second-order valence-electron chi connectivity index (χ2n) is 3.78. The van der Waals surface area contributed by atoms with Gasteiger partial charge in [0, 0.05) is 19.1 Å². The lowest BCUT2D eigenvalue weighted by molar-refractivity contribution is -0.383. The summed E-state index contributed by atoms with van der Waals surface area (Å²) in [5.41, 5.74) is 0.314. The van der Waals surface area contributed by atoms with Crippen LogP contribution >= 0.6 is 10.8 Å². The van der Waals surface area contributed by atoms with Crippen molar-refractivity contribution in [1.29, 1.82) is 5.26 Å². The van der Waals surface area contributed by atoms with E-state index in [0.717, 1.165) is 0 Å². The Labute approximate surface area is 111 Å². The van der Waals surface area contributed by atoms with Crippen LogP contribution in [0.2, 0.25) is 0 Å². The third kappa shape index (κ3) is 2.40. The van der Waals surface area contributed by atoms with Crippen molar-refractivity contribution in [1.82, 2.24) is 0 Å². The molecule has 1 unspecified atom stereocenters. The highest BCUT2D eigenvalue weighted by atomic mass is 32.2. The van der Waals surface area contributed by atoms with E-state index in [1.54, 1.807) is 13.0 Å². The van der Waals surface area contributed by atoms with Gasteiger partial charge in [-0.15, -0.1) is 0 Å². The van der Waals surface area contributed by atoms with Crippen LogP contribution in [-0.2, 0) is 0 Å². The van der Waals surface area contributed by atoms with Crippen molar-refractivity contribution >= 4 is 27.1 Å². The normalized spacial score (nSPS) is 10.9. The smallest absolute Gasteiger partial charge is 0.292 e. The summed E-state index contributed by atoms with van der Waals surface area (Å²) in [6.07, 6.45) is 0. The average molecular weight is 275 g/mol. The fraction of sp³-hybridized carbons (Fsp3) is 0.0833. The Morgan fingerprint density at radius 3 is 2.74 bits per heavy atom. The van der Waals surface area contributed by atoms with E-state index in [1.165, 1.54) is 24.3 Å². The number of para-hydroxylation sites is 2. The Bertz CT molecular complexity index is 688. The van der Waals surface area contributed by atoms with Crippen LogP contribution in [0.5, 0.6) is 0 Å². The van der Waals surface area contributed by atoms with Crippen LogP contribution in [-0.4, -0.2) is 9.48 Å². The number of thiophene rings is 1. The first kappa shape index (κ1) is 13.0. The molecule has 0 aliphatic heterocycles. The third-order valence-corrected chi connectivity index (χ3v) is 3.93. The van der Waals surface area contributed by atoms with Gasteiger partial charge in [0.05, 0.1) is 4.92 Å². The number of benzene rings is 1. The Morgan fingerprint density at radius 2 is 2.11 bits per heavy atom. The molecule has 0 bridgehead atoms.